The lowest BCUT2D eigenvalue weighted by Gasteiger charge is -2.28. The van der Waals surface area contributed by atoms with Crippen LogP contribution < -0.4 is 16.0 Å². The van der Waals surface area contributed by atoms with Crippen molar-refractivity contribution in [3.63, 3.8) is 0 Å². The van der Waals surface area contributed by atoms with Crippen LogP contribution in [0.3, 0.4) is 0 Å². The average Bonchev–Trinajstić information content (AvgIpc) is 2.67. The van der Waals surface area contributed by atoms with Crippen molar-refractivity contribution in [2.75, 3.05) is 36.5 Å². The summed E-state index contributed by atoms with van der Waals surface area (Å²) in [6.07, 6.45) is 5.36. The summed E-state index contributed by atoms with van der Waals surface area (Å²) in [5.74, 6) is 1.22. The predicted molar refractivity (Wildman–Crippen MR) is 115 cm³/mol. The molecule has 6 nitrogen and oxygen atoms in total. The number of rotatable bonds is 8. The highest BCUT2D eigenvalue weighted by Crippen LogP contribution is 2.25. The highest BCUT2D eigenvalue weighted by molar-refractivity contribution is 7.90. The molecule has 7 heteroatoms. The molecule has 1 aliphatic rings. The largest absolute Gasteiger partial charge is 0.380 e. The van der Waals surface area contributed by atoms with E-state index >= 15 is 0 Å². The van der Waals surface area contributed by atoms with E-state index in [-0.39, 0.29) is 6.04 Å². The van der Waals surface area contributed by atoms with Gasteiger partial charge in [-0.05, 0) is 41.7 Å². The number of hydrogen-bond acceptors (Lipinski definition) is 6. The Bertz CT molecular complexity index is 897. The van der Waals surface area contributed by atoms with Crippen molar-refractivity contribution < 1.29 is 8.42 Å². The lowest BCUT2D eigenvalue weighted by molar-refractivity contribution is 0.571. The molecular formula is C21H30N4O2S. The van der Waals surface area contributed by atoms with Crippen LogP contribution in [-0.2, 0) is 16.3 Å². The molecule has 1 aromatic heterocycles. The van der Waals surface area contributed by atoms with Gasteiger partial charge in [0, 0.05) is 32.1 Å². The molecule has 2 heterocycles. The summed E-state index contributed by atoms with van der Waals surface area (Å²) in [7, 11) is -3.14. The van der Waals surface area contributed by atoms with Gasteiger partial charge in [0.1, 0.15) is 5.82 Å². The topological polar surface area (TPSA) is 83.1 Å². The SMILES string of the molecule is CCCc1cnc2c(c1)NC[C@H](CNC[C@@H](C)c1ccc(S(C)(=O)=O)cc1)N2. The summed E-state index contributed by atoms with van der Waals surface area (Å²) in [6, 6.07) is 9.63. The molecule has 3 rings (SSSR count). The van der Waals surface area contributed by atoms with Crippen LogP contribution in [0.4, 0.5) is 11.5 Å². The minimum Gasteiger partial charge on any atom is -0.380 e. The smallest absolute Gasteiger partial charge is 0.175 e. The van der Waals surface area contributed by atoms with Gasteiger partial charge in [0.25, 0.3) is 0 Å². The third-order valence-electron chi connectivity index (χ3n) is 5.08. The van der Waals surface area contributed by atoms with E-state index in [0.717, 1.165) is 49.5 Å². The molecule has 3 N–H and O–H groups in total. The first kappa shape index (κ1) is 20.6. The zero-order valence-corrected chi connectivity index (χ0v) is 17.6. The number of pyridine rings is 1. The zero-order valence-electron chi connectivity index (χ0n) is 16.8. The van der Waals surface area contributed by atoms with Crippen LogP contribution >= 0.6 is 0 Å². The van der Waals surface area contributed by atoms with Gasteiger partial charge in [-0.1, -0.05) is 32.4 Å². The minimum atomic E-state index is -3.14. The number of nitrogens with one attached hydrogen (secondary N) is 3. The van der Waals surface area contributed by atoms with Crippen molar-refractivity contribution in [1.29, 1.82) is 0 Å². The molecule has 28 heavy (non-hydrogen) atoms. The fourth-order valence-electron chi connectivity index (χ4n) is 3.42. The molecule has 0 spiro atoms. The van der Waals surface area contributed by atoms with Crippen LogP contribution in [0.25, 0.3) is 0 Å². The van der Waals surface area contributed by atoms with Gasteiger partial charge < -0.3 is 16.0 Å². The molecular weight excluding hydrogens is 372 g/mol. The average molecular weight is 403 g/mol. The van der Waals surface area contributed by atoms with Crippen molar-refractivity contribution in [2.45, 2.75) is 43.5 Å². The summed E-state index contributed by atoms with van der Waals surface area (Å²) in [5.41, 5.74) is 3.48. The number of aryl methyl sites for hydroxylation is 1. The number of sulfone groups is 1. The molecule has 0 aliphatic carbocycles. The third kappa shape index (κ3) is 5.23. The first-order valence-corrected chi connectivity index (χ1v) is 11.8. The van der Waals surface area contributed by atoms with Crippen molar-refractivity contribution in [1.82, 2.24) is 10.3 Å². The summed E-state index contributed by atoms with van der Waals surface area (Å²) in [5, 5.41) is 10.5. The standard InChI is InChI=1S/C21H30N4O2S/c1-4-5-16-10-20-21(24-12-16)25-18(14-23-20)13-22-11-15(2)17-6-8-19(9-7-17)28(3,26)27/h6-10,12,15,18,22-23H,4-5,11,13-14H2,1-3H3,(H,24,25)/t15-,18+/m1/s1. The molecule has 0 saturated carbocycles. The Morgan fingerprint density at radius 3 is 2.71 bits per heavy atom. The van der Waals surface area contributed by atoms with Crippen molar-refractivity contribution in [3.05, 3.63) is 47.7 Å². The lowest BCUT2D eigenvalue weighted by Crippen LogP contribution is -2.42. The second-order valence-electron chi connectivity index (χ2n) is 7.61. The first-order valence-electron chi connectivity index (χ1n) is 9.87. The van der Waals surface area contributed by atoms with Gasteiger partial charge in [-0.15, -0.1) is 0 Å². The van der Waals surface area contributed by atoms with E-state index in [1.54, 1.807) is 12.1 Å². The van der Waals surface area contributed by atoms with Crippen molar-refractivity contribution in [3.8, 4) is 0 Å². The van der Waals surface area contributed by atoms with E-state index in [4.69, 9.17) is 0 Å². The molecule has 0 amide bonds. The maximum atomic E-state index is 11.6. The van der Waals surface area contributed by atoms with E-state index in [2.05, 4.69) is 40.8 Å². The predicted octanol–water partition coefficient (Wildman–Crippen LogP) is 3.04. The quantitative estimate of drug-likeness (QED) is 0.630. The van der Waals surface area contributed by atoms with Crippen LogP contribution in [0.1, 0.15) is 37.3 Å². The molecule has 0 fully saturated rings. The number of benzene rings is 1. The monoisotopic (exact) mass is 402 g/mol. The summed E-state index contributed by atoms with van der Waals surface area (Å²) in [6.45, 7) is 6.83. The zero-order chi connectivity index (χ0) is 20.1. The molecule has 0 radical (unpaired) electrons. The van der Waals surface area contributed by atoms with Crippen LogP contribution in [0.15, 0.2) is 41.4 Å². The Kier molecular flexibility index (Phi) is 6.57. The Hall–Kier alpha value is -2.12. The number of hydrogen-bond donors (Lipinski definition) is 3. The van der Waals surface area contributed by atoms with Gasteiger partial charge in [0.2, 0.25) is 0 Å². The van der Waals surface area contributed by atoms with E-state index in [1.165, 1.54) is 11.8 Å². The second kappa shape index (κ2) is 8.92. The third-order valence-corrected chi connectivity index (χ3v) is 6.21. The van der Waals surface area contributed by atoms with Gasteiger partial charge in [0.15, 0.2) is 9.84 Å². The molecule has 1 aliphatic heterocycles. The summed E-state index contributed by atoms with van der Waals surface area (Å²) >= 11 is 0. The Labute approximate surface area is 168 Å². The van der Waals surface area contributed by atoms with Crippen LogP contribution in [0.5, 0.6) is 0 Å². The van der Waals surface area contributed by atoms with Gasteiger partial charge >= 0.3 is 0 Å². The molecule has 152 valence electrons. The summed E-state index contributed by atoms with van der Waals surface area (Å²) in [4.78, 5) is 4.92. The molecule has 0 unspecified atom stereocenters. The van der Waals surface area contributed by atoms with Gasteiger partial charge in [0.05, 0.1) is 16.6 Å². The van der Waals surface area contributed by atoms with Crippen LogP contribution in [0.2, 0.25) is 0 Å². The van der Waals surface area contributed by atoms with Crippen molar-refractivity contribution >= 4 is 21.3 Å². The molecule has 2 aromatic rings. The number of anilines is 2. The highest BCUT2D eigenvalue weighted by Gasteiger charge is 2.18. The molecule has 0 bridgehead atoms. The normalized spacial score (nSPS) is 17.3. The number of nitrogens with zero attached hydrogens (tertiary/aromatic N) is 1. The van der Waals surface area contributed by atoms with Gasteiger partial charge in [-0.3, -0.25) is 0 Å². The number of fused-ring (bicyclic) bond motifs is 1. The fraction of sp³-hybridized carbons (Fsp3) is 0.476. The Morgan fingerprint density at radius 2 is 2.04 bits per heavy atom. The maximum Gasteiger partial charge on any atom is 0.175 e. The molecule has 0 saturated heterocycles. The lowest BCUT2D eigenvalue weighted by atomic mass is 10.0. The first-order chi connectivity index (χ1) is 13.4. The van der Waals surface area contributed by atoms with Crippen LogP contribution in [-0.4, -0.2) is 45.3 Å². The summed E-state index contributed by atoms with van der Waals surface area (Å²) < 4.78 is 23.1. The van der Waals surface area contributed by atoms with E-state index in [1.807, 2.05) is 18.3 Å². The van der Waals surface area contributed by atoms with E-state index in [9.17, 15) is 8.42 Å². The van der Waals surface area contributed by atoms with Crippen LogP contribution in [0, 0.1) is 0 Å². The Morgan fingerprint density at radius 1 is 1.29 bits per heavy atom. The van der Waals surface area contributed by atoms with Crippen molar-refractivity contribution in [2.24, 2.45) is 0 Å². The molecule has 2 atom stereocenters. The van der Waals surface area contributed by atoms with Gasteiger partial charge in [-0.2, -0.15) is 0 Å². The minimum absolute atomic E-state index is 0.275. The fourth-order valence-corrected chi connectivity index (χ4v) is 4.05. The number of aromatic nitrogens is 1. The Balaban J connectivity index is 1.49. The second-order valence-corrected chi connectivity index (χ2v) is 9.63. The van der Waals surface area contributed by atoms with E-state index < -0.39 is 9.84 Å². The maximum absolute atomic E-state index is 11.6. The highest BCUT2D eigenvalue weighted by atomic mass is 32.2. The molecule has 1 aromatic carbocycles. The van der Waals surface area contributed by atoms with Gasteiger partial charge in [-0.25, -0.2) is 13.4 Å². The van der Waals surface area contributed by atoms with E-state index in [0.29, 0.717) is 10.8 Å².